The van der Waals surface area contributed by atoms with E-state index in [4.69, 9.17) is 14.7 Å². The molecule has 2 aromatic rings. The molecule has 0 aliphatic heterocycles. The van der Waals surface area contributed by atoms with Gasteiger partial charge < -0.3 is 14.7 Å². The summed E-state index contributed by atoms with van der Waals surface area (Å²) in [6.07, 6.45) is 0. The summed E-state index contributed by atoms with van der Waals surface area (Å²) in [5.74, 6) is 1.57. The number of oxime groups is 1. The van der Waals surface area contributed by atoms with Crippen molar-refractivity contribution in [2.45, 2.75) is 6.92 Å². The van der Waals surface area contributed by atoms with Crippen molar-refractivity contribution in [1.82, 2.24) is 0 Å². The van der Waals surface area contributed by atoms with E-state index in [0.29, 0.717) is 18.9 Å². The first-order valence-electron chi connectivity index (χ1n) is 6.49. The SMILES string of the molecule is C/C(=N\O)c1ccc(OCCOc2ccc(Br)cc2)cc1. The molecule has 2 rings (SSSR count). The van der Waals surface area contributed by atoms with Gasteiger partial charge in [-0.15, -0.1) is 0 Å². The molecule has 0 aliphatic carbocycles. The highest BCUT2D eigenvalue weighted by Crippen LogP contribution is 2.16. The molecular weight excluding hydrogens is 334 g/mol. The molecule has 21 heavy (non-hydrogen) atoms. The minimum Gasteiger partial charge on any atom is -0.490 e. The van der Waals surface area contributed by atoms with Gasteiger partial charge >= 0.3 is 0 Å². The first-order valence-corrected chi connectivity index (χ1v) is 7.28. The number of rotatable bonds is 6. The van der Waals surface area contributed by atoms with Crippen LogP contribution in [0.1, 0.15) is 12.5 Å². The topological polar surface area (TPSA) is 51.1 Å². The Hall–Kier alpha value is -2.01. The second kappa shape index (κ2) is 7.69. The lowest BCUT2D eigenvalue weighted by Crippen LogP contribution is -2.09. The third-order valence-electron chi connectivity index (χ3n) is 2.86. The normalized spacial score (nSPS) is 11.2. The van der Waals surface area contributed by atoms with Gasteiger partial charge in [-0.2, -0.15) is 0 Å². The van der Waals surface area contributed by atoms with Crippen LogP contribution in [0.15, 0.2) is 58.2 Å². The van der Waals surface area contributed by atoms with E-state index in [1.165, 1.54) is 0 Å². The third kappa shape index (κ3) is 4.79. The molecule has 1 N–H and O–H groups in total. The van der Waals surface area contributed by atoms with Gasteiger partial charge in [-0.05, 0) is 61.0 Å². The second-order valence-corrected chi connectivity index (χ2v) is 5.28. The highest BCUT2D eigenvalue weighted by Gasteiger charge is 1.99. The van der Waals surface area contributed by atoms with Crippen molar-refractivity contribution >= 4 is 21.6 Å². The van der Waals surface area contributed by atoms with Gasteiger partial charge in [-0.1, -0.05) is 21.1 Å². The molecule has 5 heteroatoms. The van der Waals surface area contributed by atoms with Crippen LogP contribution in [0.2, 0.25) is 0 Å². The fourth-order valence-corrected chi connectivity index (χ4v) is 1.96. The van der Waals surface area contributed by atoms with E-state index >= 15 is 0 Å². The summed E-state index contributed by atoms with van der Waals surface area (Å²) in [6, 6.07) is 15.0. The number of halogens is 1. The average Bonchev–Trinajstić information content (AvgIpc) is 2.53. The quantitative estimate of drug-likeness (QED) is 0.369. The molecule has 0 saturated heterocycles. The predicted octanol–water partition coefficient (Wildman–Crippen LogP) is 4.11. The summed E-state index contributed by atoms with van der Waals surface area (Å²) in [5, 5.41) is 11.8. The molecule has 0 aliphatic rings. The Kier molecular flexibility index (Phi) is 5.63. The van der Waals surface area contributed by atoms with Crippen LogP contribution in [0.5, 0.6) is 11.5 Å². The zero-order chi connectivity index (χ0) is 15.1. The van der Waals surface area contributed by atoms with E-state index in [0.717, 1.165) is 21.5 Å². The average molecular weight is 350 g/mol. The maximum Gasteiger partial charge on any atom is 0.122 e. The summed E-state index contributed by atoms with van der Waals surface area (Å²) in [5.41, 5.74) is 1.43. The Morgan fingerprint density at radius 2 is 1.43 bits per heavy atom. The van der Waals surface area contributed by atoms with Crippen molar-refractivity contribution in [2.24, 2.45) is 5.16 Å². The first-order chi connectivity index (χ1) is 10.2. The Bertz CT molecular complexity index is 594. The first kappa shape index (κ1) is 15.4. The molecule has 0 radical (unpaired) electrons. The van der Waals surface area contributed by atoms with E-state index in [9.17, 15) is 0 Å². The minimum absolute atomic E-state index is 0.461. The number of nitrogens with zero attached hydrogens (tertiary/aromatic N) is 1. The molecule has 0 aromatic heterocycles. The maximum atomic E-state index is 8.69. The van der Waals surface area contributed by atoms with Crippen LogP contribution in [0.3, 0.4) is 0 Å². The van der Waals surface area contributed by atoms with Crippen LogP contribution in [-0.4, -0.2) is 24.1 Å². The van der Waals surface area contributed by atoms with Crippen LogP contribution in [0, 0.1) is 0 Å². The fourth-order valence-electron chi connectivity index (χ4n) is 1.70. The summed E-state index contributed by atoms with van der Waals surface area (Å²) in [4.78, 5) is 0. The van der Waals surface area contributed by atoms with Crippen molar-refractivity contribution < 1.29 is 14.7 Å². The molecule has 0 amide bonds. The Labute approximate surface area is 132 Å². The lowest BCUT2D eigenvalue weighted by atomic mass is 10.1. The van der Waals surface area contributed by atoms with Crippen molar-refractivity contribution in [3.63, 3.8) is 0 Å². The summed E-state index contributed by atoms with van der Waals surface area (Å²) in [7, 11) is 0. The number of hydrogen-bond donors (Lipinski definition) is 1. The van der Waals surface area contributed by atoms with Crippen LogP contribution in [0.25, 0.3) is 0 Å². The lowest BCUT2D eigenvalue weighted by Gasteiger charge is -2.09. The third-order valence-corrected chi connectivity index (χ3v) is 3.39. The van der Waals surface area contributed by atoms with Gasteiger partial charge in [-0.3, -0.25) is 0 Å². The Morgan fingerprint density at radius 1 is 0.952 bits per heavy atom. The van der Waals surface area contributed by atoms with E-state index in [-0.39, 0.29) is 0 Å². The van der Waals surface area contributed by atoms with Gasteiger partial charge in [0.25, 0.3) is 0 Å². The summed E-state index contributed by atoms with van der Waals surface area (Å²) >= 11 is 3.37. The zero-order valence-corrected chi connectivity index (χ0v) is 13.2. The van der Waals surface area contributed by atoms with Crippen LogP contribution in [0.4, 0.5) is 0 Å². The molecule has 0 saturated carbocycles. The molecule has 0 unspecified atom stereocenters. The van der Waals surface area contributed by atoms with E-state index in [2.05, 4.69) is 21.1 Å². The van der Waals surface area contributed by atoms with Crippen molar-refractivity contribution in [3.05, 3.63) is 58.6 Å². The van der Waals surface area contributed by atoms with Gasteiger partial charge in [0, 0.05) is 4.47 Å². The van der Waals surface area contributed by atoms with E-state index in [1.54, 1.807) is 6.92 Å². The Balaban J connectivity index is 1.77. The van der Waals surface area contributed by atoms with Crippen molar-refractivity contribution in [2.75, 3.05) is 13.2 Å². The van der Waals surface area contributed by atoms with Gasteiger partial charge in [0.05, 0.1) is 5.71 Å². The second-order valence-electron chi connectivity index (χ2n) is 4.36. The lowest BCUT2D eigenvalue weighted by molar-refractivity contribution is 0.217. The molecule has 0 bridgehead atoms. The summed E-state index contributed by atoms with van der Waals surface area (Å²) in [6.45, 7) is 2.67. The van der Waals surface area contributed by atoms with Crippen molar-refractivity contribution in [1.29, 1.82) is 0 Å². The van der Waals surface area contributed by atoms with Crippen LogP contribution in [-0.2, 0) is 0 Å². The molecule has 0 spiro atoms. The van der Waals surface area contributed by atoms with E-state index < -0.39 is 0 Å². The molecule has 0 fully saturated rings. The van der Waals surface area contributed by atoms with Crippen LogP contribution >= 0.6 is 15.9 Å². The van der Waals surface area contributed by atoms with Crippen molar-refractivity contribution in [3.8, 4) is 11.5 Å². The number of hydrogen-bond acceptors (Lipinski definition) is 4. The largest absolute Gasteiger partial charge is 0.490 e. The van der Waals surface area contributed by atoms with Gasteiger partial charge in [0.2, 0.25) is 0 Å². The highest BCUT2D eigenvalue weighted by atomic mass is 79.9. The molecule has 0 heterocycles. The van der Waals surface area contributed by atoms with Gasteiger partial charge in [0.15, 0.2) is 0 Å². The highest BCUT2D eigenvalue weighted by molar-refractivity contribution is 9.10. The predicted molar refractivity (Wildman–Crippen MR) is 85.6 cm³/mol. The van der Waals surface area contributed by atoms with Crippen LogP contribution < -0.4 is 9.47 Å². The minimum atomic E-state index is 0.461. The monoisotopic (exact) mass is 349 g/mol. The standard InChI is InChI=1S/C16H16BrNO3/c1-12(18-19)13-2-6-15(7-3-13)20-10-11-21-16-8-4-14(17)5-9-16/h2-9,19H,10-11H2,1H3/b18-12+. The van der Waals surface area contributed by atoms with Gasteiger partial charge in [0.1, 0.15) is 24.7 Å². The molecule has 2 aromatic carbocycles. The zero-order valence-electron chi connectivity index (χ0n) is 11.6. The van der Waals surface area contributed by atoms with E-state index in [1.807, 2.05) is 48.5 Å². The Morgan fingerprint density at radius 3 is 1.90 bits per heavy atom. The molecule has 4 nitrogen and oxygen atoms in total. The van der Waals surface area contributed by atoms with Gasteiger partial charge in [-0.25, -0.2) is 0 Å². The summed E-state index contributed by atoms with van der Waals surface area (Å²) < 4.78 is 12.2. The fraction of sp³-hybridized carbons (Fsp3) is 0.188. The molecule has 110 valence electrons. The molecule has 0 atom stereocenters. The maximum absolute atomic E-state index is 8.69. The molecular formula is C16H16BrNO3. The number of ether oxygens (including phenoxy) is 2. The number of benzene rings is 2. The smallest absolute Gasteiger partial charge is 0.122 e.